The van der Waals surface area contributed by atoms with Gasteiger partial charge in [-0.25, -0.2) is 0 Å². The Morgan fingerprint density at radius 3 is 2.73 bits per heavy atom. The van der Waals surface area contributed by atoms with Gasteiger partial charge < -0.3 is 4.74 Å². The molecule has 0 radical (unpaired) electrons. The minimum Gasteiger partial charge on any atom is -0.493 e. The van der Waals surface area contributed by atoms with Gasteiger partial charge in [0.2, 0.25) is 0 Å². The highest BCUT2D eigenvalue weighted by Gasteiger charge is 2.10. The van der Waals surface area contributed by atoms with Crippen LogP contribution in [0.4, 0.5) is 0 Å². The first-order chi connectivity index (χ1) is 7.19. The minimum atomic E-state index is 0.139. The molecule has 0 aliphatic heterocycles. The molecule has 2 nitrogen and oxygen atoms in total. The van der Waals surface area contributed by atoms with Gasteiger partial charge in [-0.3, -0.25) is 4.79 Å². The molecular formula is C12H15IO2. The Balaban J connectivity index is 2.97. The summed E-state index contributed by atoms with van der Waals surface area (Å²) in [5.41, 5.74) is 0.706. The molecule has 0 amide bonds. The molecule has 1 rings (SSSR count). The van der Waals surface area contributed by atoms with Crippen LogP contribution in [0, 0.1) is 3.57 Å². The summed E-state index contributed by atoms with van der Waals surface area (Å²) in [4.78, 5) is 11.7. The average Bonchev–Trinajstić information content (AvgIpc) is 2.26. The van der Waals surface area contributed by atoms with Crippen LogP contribution in [0.5, 0.6) is 5.75 Å². The van der Waals surface area contributed by atoms with Crippen LogP contribution < -0.4 is 4.74 Å². The monoisotopic (exact) mass is 318 g/mol. The van der Waals surface area contributed by atoms with Gasteiger partial charge in [-0.1, -0.05) is 13.8 Å². The largest absolute Gasteiger partial charge is 0.493 e. The molecular weight excluding hydrogens is 303 g/mol. The Labute approximate surface area is 104 Å². The minimum absolute atomic E-state index is 0.139. The van der Waals surface area contributed by atoms with E-state index in [0.717, 1.165) is 9.99 Å². The zero-order valence-electron chi connectivity index (χ0n) is 9.05. The standard InChI is InChI=1S/C12H15IO2/c1-3-7-15-12-6-5-9(13)8-10(12)11(14)4-2/h5-6,8H,3-4,7H2,1-2H3. The van der Waals surface area contributed by atoms with Crippen LogP contribution in [-0.2, 0) is 0 Å². The molecule has 0 fully saturated rings. The summed E-state index contributed by atoms with van der Waals surface area (Å²) in [6.45, 7) is 4.57. The van der Waals surface area contributed by atoms with Gasteiger partial charge in [-0.2, -0.15) is 0 Å². The van der Waals surface area contributed by atoms with Crippen molar-refractivity contribution in [3.63, 3.8) is 0 Å². The normalized spacial score (nSPS) is 10.1. The van der Waals surface area contributed by atoms with Gasteiger partial charge in [0.15, 0.2) is 5.78 Å². The number of ether oxygens (including phenoxy) is 1. The van der Waals surface area contributed by atoms with Crippen LogP contribution in [-0.4, -0.2) is 12.4 Å². The third kappa shape index (κ3) is 3.48. The highest BCUT2D eigenvalue weighted by molar-refractivity contribution is 14.1. The number of hydrogen-bond donors (Lipinski definition) is 0. The van der Waals surface area contributed by atoms with Gasteiger partial charge in [0.1, 0.15) is 5.75 Å². The van der Waals surface area contributed by atoms with E-state index in [1.54, 1.807) is 0 Å². The van der Waals surface area contributed by atoms with E-state index in [-0.39, 0.29) is 5.78 Å². The lowest BCUT2D eigenvalue weighted by Gasteiger charge is -2.09. The molecule has 0 N–H and O–H groups in total. The molecule has 1 aromatic carbocycles. The molecule has 15 heavy (non-hydrogen) atoms. The van der Waals surface area contributed by atoms with Gasteiger partial charge in [-0.05, 0) is 47.2 Å². The number of hydrogen-bond acceptors (Lipinski definition) is 2. The van der Waals surface area contributed by atoms with E-state index in [2.05, 4.69) is 22.6 Å². The maximum atomic E-state index is 11.7. The molecule has 0 heterocycles. The molecule has 0 aliphatic carbocycles. The fourth-order valence-electron chi connectivity index (χ4n) is 1.25. The van der Waals surface area contributed by atoms with Crippen LogP contribution in [0.15, 0.2) is 18.2 Å². The summed E-state index contributed by atoms with van der Waals surface area (Å²) >= 11 is 2.20. The fourth-order valence-corrected chi connectivity index (χ4v) is 1.74. The number of carbonyl (C=O) groups is 1. The summed E-state index contributed by atoms with van der Waals surface area (Å²) in [5, 5.41) is 0. The number of Topliss-reactive ketones (excluding diaryl/α,β-unsaturated/α-hetero) is 1. The molecule has 0 bridgehead atoms. The number of ketones is 1. The van der Waals surface area contributed by atoms with Crippen molar-refractivity contribution in [2.45, 2.75) is 26.7 Å². The molecule has 0 saturated carbocycles. The van der Waals surface area contributed by atoms with Crippen LogP contribution in [0.1, 0.15) is 37.0 Å². The van der Waals surface area contributed by atoms with E-state index in [9.17, 15) is 4.79 Å². The van der Waals surface area contributed by atoms with E-state index in [1.165, 1.54) is 0 Å². The van der Waals surface area contributed by atoms with E-state index in [4.69, 9.17) is 4.74 Å². The molecule has 0 unspecified atom stereocenters. The second-order valence-electron chi connectivity index (χ2n) is 3.27. The smallest absolute Gasteiger partial charge is 0.166 e. The molecule has 0 atom stereocenters. The van der Waals surface area contributed by atoms with Crippen molar-refractivity contribution in [2.24, 2.45) is 0 Å². The third-order valence-corrected chi connectivity index (χ3v) is 2.70. The van der Waals surface area contributed by atoms with E-state index >= 15 is 0 Å². The van der Waals surface area contributed by atoms with Crippen molar-refractivity contribution in [3.05, 3.63) is 27.3 Å². The van der Waals surface area contributed by atoms with Crippen molar-refractivity contribution in [2.75, 3.05) is 6.61 Å². The Kier molecular flexibility index (Phi) is 5.08. The first-order valence-electron chi connectivity index (χ1n) is 5.14. The second-order valence-corrected chi connectivity index (χ2v) is 4.51. The molecule has 82 valence electrons. The van der Waals surface area contributed by atoms with Gasteiger partial charge in [-0.15, -0.1) is 0 Å². The van der Waals surface area contributed by atoms with Gasteiger partial charge >= 0.3 is 0 Å². The second kappa shape index (κ2) is 6.10. The Bertz CT molecular complexity index is 347. The lowest BCUT2D eigenvalue weighted by Crippen LogP contribution is -2.04. The quantitative estimate of drug-likeness (QED) is 0.612. The maximum absolute atomic E-state index is 11.7. The Morgan fingerprint density at radius 2 is 2.13 bits per heavy atom. The predicted molar refractivity (Wildman–Crippen MR) is 69.6 cm³/mol. The fraction of sp³-hybridized carbons (Fsp3) is 0.417. The zero-order chi connectivity index (χ0) is 11.3. The summed E-state index contributed by atoms with van der Waals surface area (Å²) in [5.74, 6) is 0.851. The van der Waals surface area contributed by atoms with Crippen molar-refractivity contribution in [1.82, 2.24) is 0 Å². The zero-order valence-corrected chi connectivity index (χ0v) is 11.2. The lowest BCUT2D eigenvalue weighted by molar-refractivity contribution is 0.0984. The van der Waals surface area contributed by atoms with Gasteiger partial charge in [0.25, 0.3) is 0 Å². The number of halogens is 1. The summed E-state index contributed by atoms with van der Waals surface area (Å²) in [6, 6.07) is 5.72. The lowest BCUT2D eigenvalue weighted by atomic mass is 10.1. The molecule has 0 aromatic heterocycles. The molecule has 0 saturated heterocycles. The van der Waals surface area contributed by atoms with Crippen molar-refractivity contribution < 1.29 is 9.53 Å². The molecule has 3 heteroatoms. The number of rotatable bonds is 5. The molecule has 0 aliphatic rings. The van der Waals surface area contributed by atoms with E-state index < -0.39 is 0 Å². The number of carbonyl (C=O) groups excluding carboxylic acids is 1. The topological polar surface area (TPSA) is 26.3 Å². The molecule has 0 spiro atoms. The van der Waals surface area contributed by atoms with Crippen LogP contribution in [0.3, 0.4) is 0 Å². The van der Waals surface area contributed by atoms with Crippen molar-refractivity contribution in [1.29, 1.82) is 0 Å². The maximum Gasteiger partial charge on any atom is 0.166 e. The summed E-state index contributed by atoms with van der Waals surface area (Å²) < 4.78 is 6.60. The first kappa shape index (κ1) is 12.5. The van der Waals surface area contributed by atoms with Crippen molar-refractivity contribution >= 4 is 28.4 Å². The van der Waals surface area contributed by atoms with Gasteiger partial charge in [0, 0.05) is 9.99 Å². The van der Waals surface area contributed by atoms with E-state index in [0.29, 0.717) is 24.3 Å². The highest BCUT2D eigenvalue weighted by atomic mass is 127. The Hall–Kier alpha value is -0.580. The van der Waals surface area contributed by atoms with Crippen LogP contribution >= 0.6 is 22.6 Å². The third-order valence-electron chi connectivity index (χ3n) is 2.02. The average molecular weight is 318 g/mol. The van der Waals surface area contributed by atoms with Crippen molar-refractivity contribution in [3.8, 4) is 5.75 Å². The predicted octanol–water partition coefficient (Wildman–Crippen LogP) is 3.67. The Morgan fingerprint density at radius 1 is 1.40 bits per heavy atom. The first-order valence-corrected chi connectivity index (χ1v) is 6.22. The molecule has 1 aromatic rings. The van der Waals surface area contributed by atoms with E-state index in [1.807, 2.05) is 32.0 Å². The van der Waals surface area contributed by atoms with Gasteiger partial charge in [0.05, 0.1) is 12.2 Å². The summed E-state index contributed by atoms with van der Waals surface area (Å²) in [7, 11) is 0. The van der Waals surface area contributed by atoms with Crippen LogP contribution in [0.25, 0.3) is 0 Å². The summed E-state index contributed by atoms with van der Waals surface area (Å²) in [6.07, 6.45) is 1.47. The van der Waals surface area contributed by atoms with Crippen LogP contribution in [0.2, 0.25) is 0 Å². The highest BCUT2D eigenvalue weighted by Crippen LogP contribution is 2.22. The SMILES string of the molecule is CCCOc1ccc(I)cc1C(=O)CC. The number of benzene rings is 1.